The third-order valence-corrected chi connectivity index (χ3v) is 4.39. The van der Waals surface area contributed by atoms with Crippen LogP contribution >= 0.6 is 27.5 Å². The molecule has 0 saturated heterocycles. The topological polar surface area (TPSA) is 73.1 Å². The van der Waals surface area contributed by atoms with E-state index in [0.29, 0.717) is 34.3 Å². The zero-order chi connectivity index (χ0) is 19.4. The van der Waals surface area contributed by atoms with Crippen LogP contribution in [0.2, 0.25) is 5.02 Å². The molecule has 2 aromatic carbocycles. The Morgan fingerprint density at radius 3 is 2.89 bits per heavy atom. The van der Waals surface area contributed by atoms with Gasteiger partial charge in [-0.3, -0.25) is 4.79 Å². The molecule has 27 heavy (non-hydrogen) atoms. The van der Waals surface area contributed by atoms with Gasteiger partial charge in [0.05, 0.1) is 25.0 Å². The first kappa shape index (κ1) is 19.3. The Kier molecular flexibility index (Phi) is 6.03. The van der Waals surface area contributed by atoms with Crippen molar-refractivity contribution in [2.45, 2.75) is 6.92 Å². The lowest BCUT2D eigenvalue weighted by molar-refractivity contribution is 0.0929. The van der Waals surface area contributed by atoms with Crippen molar-refractivity contribution in [3.63, 3.8) is 0 Å². The average Bonchev–Trinajstić information content (AvgIpc) is 3.05. The van der Waals surface area contributed by atoms with Gasteiger partial charge in [0, 0.05) is 9.86 Å². The Morgan fingerprint density at radius 2 is 2.15 bits per heavy atom. The monoisotopic (exact) mass is 450 g/mol. The first-order valence-corrected chi connectivity index (χ1v) is 9.21. The highest BCUT2D eigenvalue weighted by Crippen LogP contribution is 2.35. The third kappa shape index (κ3) is 4.43. The minimum absolute atomic E-state index is 0.169. The van der Waals surface area contributed by atoms with Crippen molar-refractivity contribution < 1.29 is 18.7 Å². The van der Waals surface area contributed by atoms with E-state index in [9.17, 15) is 4.79 Å². The lowest BCUT2D eigenvalue weighted by atomic mass is 10.2. The van der Waals surface area contributed by atoms with Gasteiger partial charge in [0.25, 0.3) is 0 Å². The van der Waals surface area contributed by atoms with Crippen molar-refractivity contribution >= 4 is 50.6 Å². The molecule has 1 amide bonds. The summed E-state index contributed by atoms with van der Waals surface area (Å²) in [6, 6.07) is 10.5. The predicted molar refractivity (Wildman–Crippen MR) is 108 cm³/mol. The molecular weight excluding hydrogens is 436 g/mol. The summed E-state index contributed by atoms with van der Waals surface area (Å²) in [5.74, 6) is 0.669. The Balaban J connectivity index is 1.75. The Labute approximate surface area is 169 Å². The summed E-state index contributed by atoms with van der Waals surface area (Å²) in [7, 11) is 1.52. The molecular formula is C19H16BrClN2O4. The first-order valence-electron chi connectivity index (χ1n) is 8.04. The number of benzene rings is 2. The first-order chi connectivity index (χ1) is 13.0. The van der Waals surface area contributed by atoms with Gasteiger partial charge < -0.3 is 13.9 Å². The standard InChI is InChI=1S/C19H16BrClN2O4/c1-3-26-16-7-11(6-14(21)18(16)25-2)10-22-23-19(24)17-9-12-8-13(20)4-5-15(12)27-17/h4-10H,3H2,1-2H3,(H,23,24)/b22-10+. The summed E-state index contributed by atoms with van der Waals surface area (Å²) >= 11 is 9.58. The molecule has 1 heterocycles. The zero-order valence-corrected chi connectivity index (χ0v) is 16.9. The molecule has 0 spiro atoms. The fraction of sp³-hybridized carbons (Fsp3) is 0.158. The fourth-order valence-electron chi connectivity index (χ4n) is 2.47. The number of nitrogens with zero attached hydrogens (tertiary/aromatic N) is 1. The van der Waals surface area contributed by atoms with Crippen LogP contribution in [-0.2, 0) is 0 Å². The summed E-state index contributed by atoms with van der Waals surface area (Å²) in [6.45, 7) is 2.33. The number of rotatable bonds is 6. The van der Waals surface area contributed by atoms with Gasteiger partial charge in [-0.25, -0.2) is 5.43 Å². The van der Waals surface area contributed by atoms with Crippen LogP contribution in [0.25, 0.3) is 11.0 Å². The lowest BCUT2D eigenvalue weighted by Crippen LogP contribution is -2.16. The molecule has 6 nitrogen and oxygen atoms in total. The molecule has 140 valence electrons. The molecule has 0 aliphatic heterocycles. The van der Waals surface area contributed by atoms with Crippen LogP contribution in [0.3, 0.4) is 0 Å². The second kappa shape index (κ2) is 8.45. The van der Waals surface area contributed by atoms with Crippen molar-refractivity contribution in [2.24, 2.45) is 5.10 Å². The van der Waals surface area contributed by atoms with Gasteiger partial charge in [-0.05, 0) is 48.9 Å². The van der Waals surface area contributed by atoms with E-state index in [1.165, 1.54) is 13.3 Å². The normalized spacial score (nSPS) is 11.1. The second-order valence-corrected chi connectivity index (χ2v) is 6.78. The summed E-state index contributed by atoms with van der Waals surface area (Å²) in [5, 5.41) is 5.16. The summed E-state index contributed by atoms with van der Waals surface area (Å²) < 4.78 is 17.2. The molecule has 3 rings (SSSR count). The van der Waals surface area contributed by atoms with Crippen molar-refractivity contribution in [1.82, 2.24) is 5.43 Å². The summed E-state index contributed by atoms with van der Waals surface area (Å²) in [5.41, 5.74) is 3.70. The molecule has 1 N–H and O–H groups in total. The van der Waals surface area contributed by atoms with Crippen molar-refractivity contribution in [3.05, 3.63) is 57.2 Å². The third-order valence-electron chi connectivity index (χ3n) is 3.62. The minimum Gasteiger partial charge on any atom is -0.491 e. The number of fused-ring (bicyclic) bond motifs is 1. The largest absolute Gasteiger partial charge is 0.491 e. The number of hydrogen-bond acceptors (Lipinski definition) is 5. The van der Waals surface area contributed by atoms with E-state index < -0.39 is 5.91 Å². The molecule has 0 bridgehead atoms. The number of furan rings is 1. The maximum atomic E-state index is 12.2. The molecule has 8 heteroatoms. The molecule has 0 aliphatic carbocycles. The van der Waals surface area contributed by atoms with Crippen LogP contribution in [-0.4, -0.2) is 25.8 Å². The molecule has 0 aliphatic rings. The van der Waals surface area contributed by atoms with E-state index >= 15 is 0 Å². The number of carbonyl (C=O) groups is 1. The van der Waals surface area contributed by atoms with E-state index in [1.807, 2.05) is 19.1 Å². The van der Waals surface area contributed by atoms with Gasteiger partial charge in [-0.1, -0.05) is 27.5 Å². The van der Waals surface area contributed by atoms with Crippen molar-refractivity contribution in [1.29, 1.82) is 0 Å². The lowest BCUT2D eigenvalue weighted by Gasteiger charge is -2.11. The number of ether oxygens (including phenoxy) is 2. The fourth-order valence-corrected chi connectivity index (χ4v) is 3.15. The van der Waals surface area contributed by atoms with Crippen molar-refractivity contribution in [3.8, 4) is 11.5 Å². The summed E-state index contributed by atoms with van der Waals surface area (Å²) in [4.78, 5) is 12.2. The highest BCUT2D eigenvalue weighted by molar-refractivity contribution is 9.10. The molecule has 0 atom stereocenters. The second-order valence-electron chi connectivity index (χ2n) is 5.46. The van der Waals surface area contributed by atoms with Gasteiger partial charge in [-0.2, -0.15) is 5.10 Å². The maximum Gasteiger partial charge on any atom is 0.307 e. The average molecular weight is 452 g/mol. The summed E-state index contributed by atoms with van der Waals surface area (Å²) in [6.07, 6.45) is 1.46. The SMILES string of the molecule is CCOc1cc(/C=N/NC(=O)c2cc3cc(Br)ccc3o2)cc(Cl)c1OC. The molecule has 0 fully saturated rings. The van der Waals surface area contributed by atoms with Gasteiger partial charge >= 0.3 is 5.91 Å². The number of hydrazone groups is 1. The number of nitrogens with one attached hydrogen (secondary N) is 1. The van der Waals surface area contributed by atoms with Crippen LogP contribution in [0.5, 0.6) is 11.5 Å². The van der Waals surface area contributed by atoms with E-state index in [2.05, 4.69) is 26.5 Å². The zero-order valence-electron chi connectivity index (χ0n) is 14.6. The molecule has 0 saturated carbocycles. The van der Waals surface area contributed by atoms with Gasteiger partial charge in [0.2, 0.25) is 0 Å². The Hall–Kier alpha value is -2.51. The van der Waals surface area contributed by atoms with Crippen molar-refractivity contribution in [2.75, 3.05) is 13.7 Å². The van der Waals surface area contributed by atoms with Crippen LogP contribution in [0.15, 0.2) is 50.4 Å². The molecule has 3 aromatic rings. The van der Waals surface area contributed by atoms with Gasteiger partial charge in [-0.15, -0.1) is 0 Å². The van der Waals surface area contributed by atoms with E-state index in [4.69, 9.17) is 25.5 Å². The van der Waals surface area contributed by atoms with Gasteiger partial charge in [0.15, 0.2) is 17.3 Å². The van der Waals surface area contributed by atoms with Crippen LogP contribution in [0.4, 0.5) is 0 Å². The van der Waals surface area contributed by atoms with Crippen LogP contribution in [0.1, 0.15) is 23.0 Å². The minimum atomic E-state index is -0.455. The van der Waals surface area contributed by atoms with Crippen LogP contribution < -0.4 is 14.9 Å². The number of hydrogen-bond donors (Lipinski definition) is 1. The number of halogens is 2. The highest BCUT2D eigenvalue weighted by atomic mass is 79.9. The van der Waals surface area contributed by atoms with E-state index in [1.54, 1.807) is 24.3 Å². The quantitative estimate of drug-likeness (QED) is 0.422. The Bertz CT molecular complexity index is 1020. The Morgan fingerprint density at radius 1 is 1.33 bits per heavy atom. The number of carbonyl (C=O) groups excluding carboxylic acids is 1. The molecule has 0 unspecified atom stereocenters. The number of methoxy groups -OCH3 is 1. The maximum absolute atomic E-state index is 12.2. The smallest absolute Gasteiger partial charge is 0.307 e. The van der Waals surface area contributed by atoms with Crippen LogP contribution in [0, 0.1) is 0 Å². The van der Waals surface area contributed by atoms with E-state index in [0.717, 1.165) is 9.86 Å². The predicted octanol–water partition coefficient (Wildman–Crippen LogP) is 5.02. The molecule has 0 radical (unpaired) electrons. The van der Waals surface area contributed by atoms with Gasteiger partial charge in [0.1, 0.15) is 5.58 Å². The number of amides is 1. The molecule has 1 aromatic heterocycles. The van der Waals surface area contributed by atoms with E-state index in [-0.39, 0.29) is 5.76 Å². The highest BCUT2D eigenvalue weighted by Gasteiger charge is 2.13.